The Hall–Kier alpha value is -3.37. The van der Waals surface area contributed by atoms with Crippen LogP contribution < -0.4 is 14.7 Å². The first-order valence-corrected chi connectivity index (χ1v) is 12.2. The van der Waals surface area contributed by atoms with Crippen molar-refractivity contribution in [1.82, 2.24) is 15.0 Å². The van der Waals surface area contributed by atoms with Gasteiger partial charge in [-0.15, -0.1) is 0 Å². The first-order chi connectivity index (χ1) is 16.5. The molecule has 1 aromatic carbocycles. The zero-order chi connectivity index (χ0) is 23.7. The van der Waals surface area contributed by atoms with Crippen molar-refractivity contribution in [3.8, 4) is 17.3 Å². The lowest BCUT2D eigenvalue weighted by atomic mass is 10.1. The van der Waals surface area contributed by atoms with E-state index in [0.717, 1.165) is 67.9 Å². The van der Waals surface area contributed by atoms with Gasteiger partial charge in [-0.2, -0.15) is 10.2 Å². The number of nitrogens with zero attached hydrogens (tertiary/aromatic N) is 7. The van der Waals surface area contributed by atoms with Crippen LogP contribution in [0.4, 0.5) is 17.6 Å². The van der Waals surface area contributed by atoms with Crippen LogP contribution in [-0.4, -0.2) is 53.2 Å². The normalized spacial score (nSPS) is 20.5. The zero-order valence-electron chi connectivity index (χ0n) is 19.5. The number of nitriles is 1. The van der Waals surface area contributed by atoms with Gasteiger partial charge in [0.1, 0.15) is 11.6 Å². The Morgan fingerprint density at radius 1 is 1.00 bits per heavy atom. The topological polar surface area (TPSA) is 72.2 Å². The molecule has 2 aromatic heterocycles. The summed E-state index contributed by atoms with van der Waals surface area (Å²) in [6.07, 6.45) is 4.08. The number of benzene rings is 1. The summed E-state index contributed by atoms with van der Waals surface area (Å²) in [5, 5.41) is 10.1. The predicted octanol–water partition coefficient (Wildman–Crippen LogP) is 4.77. The summed E-state index contributed by atoms with van der Waals surface area (Å²) >= 11 is 6.41. The molecule has 2 atom stereocenters. The molecule has 8 heteroatoms. The molecule has 0 radical (unpaired) electrons. The third kappa shape index (κ3) is 4.38. The average Bonchev–Trinajstić information content (AvgIpc) is 3.30. The van der Waals surface area contributed by atoms with Gasteiger partial charge in [-0.05, 0) is 51.0 Å². The van der Waals surface area contributed by atoms with Crippen molar-refractivity contribution in [3.05, 3.63) is 59.2 Å². The number of anilines is 3. The van der Waals surface area contributed by atoms with Gasteiger partial charge >= 0.3 is 0 Å². The largest absolute Gasteiger partial charge is 0.352 e. The third-order valence-electron chi connectivity index (χ3n) is 6.76. The van der Waals surface area contributed by atoms with Crippen molar-refractivity contribution in [2.45, 2.75) is 38.8 Å². The lowest BCUT2D eigenvalue weighted by Crippen LogP contribution is -2.52. The van der Waals surface area contributed by atoms with E-state index >= 15 is 0 Å². The van der Waals surface area contributed by atoms with E-state index in [1.54, 1.807) is 6.20 Å². The van der Waals surface area contributed by atoms with Crippen LogP contribution in [0.3, 0.4) is 0 Å². The number of aromatic nitrogens is 3. The van der Waals surface area contributed by atoms with Crippen LogP contribution in [0.1, 0.15) is 32.3 Å². The second kappa shape index (κ2) is 9.47. The minimum absolute atomic E-state index is 0.212. The molecule has 1 unspecified atom stereocenters. The lowest BCUT2D eigenvalue weighted by Gasteiger charge is -2.41. The third-order valence-corrected chi connectivity index (χ3v) is 7.05. The summed E-state index contributed by atoms with van der Waals surface area (Å²) in [4.78, 5) is 21.4. The summed E-state index contributed by atoms with van der Waals surface area (Å²) in [5.74, 6) is 2.52. The van der Waals surface area contributed by atoms with E-state index in [2.05, 4.69) is 45.7 Å². The summed E-state index contributed by atoms with van der Waals surface area (Å²) in [6.45, 7) is 7.81. The Balaban J connectivity index is 1.49. The average molecular weight is 474 g/mol. The molecule has 0 spiro atoms. The summed E-state index contributed by atoms with van der Waals surface area (Å²) in [5.41, 5.74) is 2.41. The fourth-order valence-corrected chi connectivity index (χ4v) is 5.17. The highest BCUT2D eigenvalue weighted by Gasteiger charge is 2.29. The Morgan fingerprint density at radius 3 is 2.62 bits per heavy atom. The van der Waals surface area contributed by atoms with E-state index in [9.17, 15) is 5.26 Å². The highest BCUT2D eigenvalue weighted by atomic mass is 35.5. The van der Waals surface area contributed by atoms with Crippen LogP contribution >= 0.6 is 11.6 Å². The maximum absolute atomic E-state index is 9.38. The van der Waals surface area contributed by atoms with E-state index in [4.69, 9.17) is 21.6 Å². The Kier molecular flexibility index (Phi) is 6.25. The van der Waals surface area contributed by atoms with Gasteiger partial charge in [-0.1, -0.05) is 23.7 Å². The SMILES string of the molecule is CC1CCCN1c1nc(-c2cccc(C#N)c2)cc(N2CCN(c3ncccc3Cl)C[C@H]2C)n1. The maximum Gasteiger partial charge on any atom is 0.228 e. The van der Waals surface area contributed by atoms with Crippen molar-refractivity contribution < 1.29 is 0 Å². The predicted molar refractivity (Wildman–Crippen MR) is 136 cm³/mol. The van der Waals surface area contributed by atoms with Crippen LogP contribution in [0.2, 0.25) is 5.02 Å². The molecule has 4 heterocycles. The molecule has 2 aliphatic rings. The number of piperazine rings is 1. The number of hydrogen-bond acceptors (Lipinski definition) is 7. The minimum atomic E-state index is 0.212. The van der Waals surface area contributed by atoms with Gasteiger partial charge in [0.15, 0.2) is 0 Å². The van der Waals surface area contributed by atoms with E-state index < -0.39 is 0 Å². The molecule has 5 rings (SSSR count). The zero-order valence-corrected chi connectivity index (χ0v) is 20.3. The smallest absolute Gasteiger partial charge is 0.228 e. The van der Waals surface area contributed by atoms with Crippen molar-refractivity contribution in [1.29, 1.82) is 5.26 Å². The Bertz CT molecular complexity index is 1220. The standard InChI is InChI=1S/C26H28ClN7/c1-18-6-5-11-34(18)26-30-23(21-8-3-7-20(14-21)16-28)15-24(31-26)33-13-12-32(17-19(33)2)25-22(27)9-4-10-29-25/h3-4,7-10,14-15,18-19H,5-6,11-13,17H2,1-2H3/t18?,19-/m1/s1. The van der Waals surface area contributed by atoms with E-state index in [0.29, 0.717) is 16.6 Å². The molecule has 0 N–H and O–H groups in total. The van der Waals surface area contributed by atoms with Crippen molar-refractivity contribution in [3.63, 3.8) is 0 Å². The van der Waals surface area contributed by atoms with Gasteiger partial charge in [0.25, 0.3) is 0 Å². The fraction of sp³-hybridized carbons (Fsp3) is 0.385. The van der Waals surface area contributed by atoms with Gasteiger partial charge in [-0.25, -0.2) is 9.97 Å². The summed E-state index contributed by atoms with van der Waals surface area (Å²) in [6, 6.07) is 16.3. The molecule has 2 aliphatic heterocycles. The molecule has 2 fully saturated rings. The van der Waals surface area contributed by atoms with E-state index in [-0.39, 0.29) is 6.04 Å². The maximum atomic E-state index is 9.38. The fourth-order valence-electron chi connectivity index (χ4n) is 4.92. The molecule has 34 heavy (non-hydrogen) atoms. The first kappa shape index (κ1) is 22.4. The quantitative estimate of drug-likeness (QED) is 0.540. The molecule has 0 amide bonds. The second-order valence-electron chi connectivity index (χ2n) is 9.09. The molecule has 3 aromatic rings. The molecule has 174 valence electrons. The van der Waals surface area contributed by atoms with Crippen LogP contribution in [0.25, 0.3) is 11.3 Å². The first-order valence-electron chi connectivity index (χ1n) is 11.8. The monoisotopic (exact) mass is 473 g/mol. The summed E-state index contributed by atoms with van der Waals surface area (Å²) < 4.78 is 0. The van der Waals surface area contributed by atoms with Crippen molar-refractivity contribution in [2.24, 2.45) is 0 Å². The van der Waals surface area contributed by atoms with Crippen LogP contribution in [0.5, 0.6) is 0 Å². The molecule has 0 aliphatic carbocycles. The van der Waals surface area contributed by atoms with Crippen LogP contribution in [0, 0.1) is 11.3 Å². The van der Waals surface area contributed by atoms with Gasteiger partial charge < -0.3 is 14.7 Å². The number of halogens is 1. The van der Waals surface area contributed by atoms with Crippen LogP contribution in [0.15, 0.2) is 48.7 Å². The van der Waals surface area contributed by atoms with E-state index in [1.165, 1.54) is 0 Å². The Labute approximate surface area is 205 Å². The van der Waals surface area contributed by atoms with Gasteiger partial charge in [0.2, 0.25) is 5.95 Å². The molecular formula is C26H28ClN7. The highest BCUT2D eigenvalue weighted by molar-refractivity contribution is 6.32. The Morgan fingerprint density at radius 2 is 1.88 bits per heavy atom. The summed E-state index contributed by atoms with van der Waals surface area (Å²) in [7, 11) is 0. The number of hydrogen-bond donors (Lipinski definition) is 0. The van der Waals surface area contributed by atoms with Gasteiger partial charge in [-0.3, -0.25) is 0 Å². The van der Waals surface area contributed by atoms with E-state index in [1.807, 2.05) is 36.4 Å². The highest BCUT2D eigenvalue weighted by Crippen LogP contribution is 2.32. The van der Waals surface area contributed by atoms with Gasteiger partial charge in [0.05, 0.1) is 22.3 Å². The van der Waals surface area contributed by atoms with Gasteiger partial charge in [0, 0.05) is 56.1 Å². The molecular weight excluding hydrogens is 446 g/mol. The van der Waals surface area contributed by atoms with Crippen LogP contribution in [-0.2, 0) is 0 Å². The number of rotatable bonds is 4. The second-order valence-corrected chi connectivity index (χ2v) is 9.49. The lowest BCUT2D eigenvalue weighted by molar-refractivity contribution is 0.542. The molecule has 7 nitrogen and oxygen atoms in total. The molecule has 0 bridgehead atoms. The van der Waals surface area contributed by atoms with Crippen molar-refractivity contribution >= 4 is 29.2 Å². The number of pyridine rings is 1. The molecule has 2 saturated heterocycles. The minimum Gasteiger partial charge on any atom is -0.352 e. The van der Waals surface area contributed by atoms with Crippen molar-refractivity contribution in [2.75, 3.05) is 40.9 Å². The molecule has 0 saturated carbocycles.